The minimum atomic E-state index is -0.0603. The summed E-state index contributed by atoms with van der Waals surface area (Å²) < 4.78 is 1.64. The van der Waals surface area contributed by atoms with E-state index in [1.165, 1.54) is 0 Å². The second kappa shape index (κ2) is 3.42. The number of carbonyl (C=O) groups is 2. The van der Waals surface area contributed by atoms with E-state index in [9.17, 15) is 9.59 Å². The number of carbonyl (C=O) groups excluding carboxylic acids is 2. The third-order valence-corrected chi connectivity index (χ3v) is 3.65. The van der Waals surface area contributed by atoms with Crippen molar-refractivity contribution < 1.29 is 9.59 Å². The molecule has 0 saturated heterocycles. The fourth-order valence-electron chi connectivity index (χ4n) is 2.86. The first kappa shape index (κ1) is 10.3. The van der Waals surface area contributed by atoms with E-state index in [0.29, 0.717) is 11.1 Å². The van der Waals surface area contributed by atoms with E-state index in [-0.39, 0.29) is 5.91 Å². The lowest BCUT2D eigenvalue weighted by Gasteiger charge is -1.98. The molecule has 90 valence electrons. The van der Waals surface area contributed by atoms with Crippen LogP contribution in [0, 0.1) is 0 Å². The van der Waals surface area contributed by atoms with Crippen molar-refractivity contribution in [3.63, 3.8) is 0 Å². The van der Waals surface area contributed by atoms with Gasteiger partial charge in [0.2, 0.25) is 0 Å². The van der Waals surface area contributed by atoms with Crippen LogP contribution in [0.5, 0.6) is 0 Å². The molecule has 0 saturated carbocycles. The van der Waals surface area contributed by atoms with E-state index < -0.39 is 0 Å². The van der Waals surface area contributed by atoms with Crippen LogP contribution in [0.1, 0.15) is 20.7 Å². The van der Waals surface area contributed by atoms with Crippen LogP contribution in [0.2, 0.25) is 0 Å². The standard InChI is InChI=1S/C16H9NO2/c18-9-13-10-5-3-4-8-14(10)17-15(13)11-6-1-2-7-12(11)16(17)19/h1-9H. The van der Waals surface area contributed by atoms with E-state index in [0.717, 1.165) is 28.4 Å². The van der Waals surface area contributed by atoms with E-state index in [2.05, 4.69) is 0 Å². The molecule has 3 aromatic rings. The third kappa shape index (κ3) is 1.12. The van der Waals surface area contributed by atoms with Gasteiger partial charge in [0, 0.05) is 22.1 Å². The largest absolute Gasteiger partial charge is 0.298 e. The quantitative estimate of drug-likeness (QED) is 0.485. The number of para-hydroxylation sites is 1. The summed E-state index contributed by atoms with van der Waals surface area (Å²) in [4.78, 5) is 23.9. The van der Waals surface area contributed by atoms with Crippen LogP contribution in [0.3, 0.4) is 0 Å². The lowest BCUT2D eigenvalue weighted by molar-refractivity contribution is 0.0973. The maximum Gasteiger partial charge on any atom is 0.263 e. The average molecular weight is 247 g/mol. The molecule has 1 aromatic heterocycles. The molecule has 1 aliphatic rings. The van der Waals surface area contributed by atoms with Gasteiger partial charge in [0.15, 0.2) is 6.29 Å². The SMILES string of the molecule is O=Cc1c2n(c3ccccc13)C(=O)c1ccccc1-2. The van der Waals surface area contributed by atoms with Crippen molar-refractivity contribution in [2.45, 2.75) is 0 Å². The molecule has 0 atom stereocenters. The number of nitrogens with zero attached hydrogens (tertiary/aromatic N) is 1. The predicted octanol–water partition coefficient (Wildman–Crippen LogP) is 3.12. The number of rotatable bonds is 1. The maximum absolute atomic E-state index is 12.5. The van der Waals surface area contributed by atoms with Crippen LogP contribution >= 0.6 is 0 Å². The fraction of sp³-hybridized carbons (Fsp3) is 0. The minimum Gasteiger partial charge on any atom is -0.298 e. The third-order valence-electron chi connectivity index (χ3n) is 3.65. The first-order valence-electron chi connectivity index (χ1n) is 6.05. The van der Waals surface area contributed by atoms with Gasteiger partial charge in [0.1, 0.15) is 0 Å². The van der Waals surface area contributed by atoms with Crippen molar-refractivity contribution in [3.05, 3.63) is 59.7 Å². The zero-order valence-electron chi connectivity index (χ0n) is 9.96. The van der Waals surface area contributed by atoms with E-state index >= 15 is 0 Å². The molecule has 3 heteroatoms. The Labute approximate surface area is 109 Å². The molecule has 0 radical (unpaired) electrons. The predicted molar refractivity (Wildman–Crippen MR) is 72.5 cm³/mol. The van der Waals surface area contributed by atoms with Crippen molar-refractivity contribution in [1.82, 2.24) is 4.57 Å². The van der Waals surface area contributed by atoms with Gasteiger partial charge in [-0.15, -0.1) is 0 Å². The molecule has 0 fully saturated rings. The van der Waals surface area contributed by atoms with Crippen LogP contribution in [0.4, 0.5) is 0 Å². The molecule has 2 aromatic carbocycles. The Morgan fingerprint density at radius 1 is 0.895 bits per heavy atom. The zero-order chi connectivity index (χ0) is 13.0. The Morgan fingerprint density at radius 3 is 2.37 bits per heavy atom. The van der Waals surface area contributed by atoms with Crippen LogP contribution in [-0.4, -0.2) is 16.8 Å². The molecular formula is C16H9NO2. The summed E-state index contributed by atoms with van der Waals surface area (Å²) in [7, 11) is 0. The highest BCUT2D eigenvalue weighted by atomic mass is 16.2. The van der Waals surface area contributed by atoms with Crippen LogP contribution in [0.25, 0.3) is 22.2 Å². The van der Waals surface area contributed by atoms with Crippen molar-refractivity contribution in [2.24, 2.45) is 0 Å². The lowest BCUT2D eigenvalue weighted by Crippen LogP contribution is -2.05. The number of aldehydes is 1. The summed E-state index contributed by atoms with van der Waals surface area (Å²) in [5.74, 6) is -0.0603. The van der Waals surface area contributed by atoms with Gasteiger partial charge in [-0.05, 0) is 12.1 Å². The van der Waals surface area contributed by atoms with Crippen LogP contribution in [0.15, 0.2) is 48.5 Å². The smallest absolute Gasteiger partial charge is 0.263 e. The highest BCUT2D eigenvalue weighted by molar-refractivity contribution is 6.19. The Balaban J connectivity index is 2.26. The summed E-state index contributed by atoms with van der Waals surface area (Å²) in [5.41, 5.74) is 3.60. The van der Waals surface area contributed by atoms with Crippen molar-refractivity contribution in [2.75, 3.05) is 0 Å². The zero-order valence-corrected chi connectivity index (χ0v) is 9.96. The molecular weight excluding hydrogens is 238 g/mol. The summed E-state index contributed by atoms with van der Waals surface area (Å²) in [6.07, 6.45) is 0.837. The van der Waals surface area contributed by atoms with Gasteiger partial charge >= 0.3 is 0 Å². The Bertz CT molecular complexity index is 858. The number of hydrogen-bond donors (Lipinski definition) is 0. The second-order valence-electron chi connectivity index (χ2n) is 4.58. The monoisotopic (exact) mass is 247 g/mol. The van der Waals surface area contributed by atoms with Gasteiger partial charge in [-0.2, -0.15) is 0 Å². The molecule has 0 N–H and O–H groups in total. The van der Waals surface area contributed by atoms with E-state index in [4.69, 9.17) is 0 Å². The fourth-order valence-corrected chi connectivity index (χ4v) is 2.86. The van der Waals surface area contributed by atoms with Crippen LogP contribution in [-0.2, 0) is 0 Å². The highest BCUT2D eigenvalue weighted by Crippen LogP contribution is 2.39. The number of aromatic nitrogens is 1. The number of fused-ring (bicyclic) bond motifs is 5. The van der Waals surface area contributed by atoms with Crippen molar-refractivity contribution in [1.29, 1.82) is 0 Å². The molecule has 3 nitrogen and oxygen atoms in total. The number of benzene rings is 2. The Kier molecular flexibility index (Phi) is 1.85. The van der Waals surface area contributed by atoms with E-state index in [1.54, 1.807) is 10.6 Å². The van der Waals surface area contributed by atoms with Gasteiger partial charge in [-0.3, -0.25) is 14.2 Å². The maximum atomic E-state index is 12.5. The minimum absolute atomic E-state index is 0.0603. The first-order chi connectivity index (χ1) is 9.33. The second-order valence-corrected chi connectivity index (χ2v) is 4.58. The van der Waals surface area contributed by atoms with Crippen molar-refractivity contribution >= 4 is 23.1 Å². The first-order valence-corrected chi connectivity index (χ1v) is 6.05. The average Bonchev–Trinajstić information content (AvgIpc) is 2.94. The van der Waals surface area contributed by atoms with Crippen LogP contribution < -0.4 is 0 Å². The Hall–Kier alpha value is -2.68. The summed E-state index contributed by atoms with van der Waals surface area (Å²) in [6.45, 7) is 0. The summed E-state index contributed by atoms with van der Waals surface area (Å²) in [5, 5.41) is 0.829. The molecule has 0 aliphatic carbocycles. The molecule has 19 heavy (non-hydrogen) atoms. The van der Waals surface area contributed by atoms with E-state index in [1.807, 2.05) is 42.5 Å². The normalized spacial score (nSPS) is 12.5. The van der Waals surface area contributed by atoms with Crippen molar-refractivity contribution in [3.8, 4) is 11.3 Å². The van der Waals surface area contributed by atoms with Gasteiger partial charge in [-0.25, -0.2) is 0 Å². The highest BCUT2D eigenvalue weighted by Gasteiger charge is 2.31. The molecule has 0 spiro atoms. The Morgan fingerprint density at radius 2 is 1.58 bits per heavy atom. The van der Waals surface area contributed by atoms with Gasteiger partial charge in [0.25, 0.3) is 5.91 Å². The topological polar surface area (TPSA) is 39.1 Å². The van der Waals surface area contributed by atoms with Gasteiger partial charge in [-0.1, -0.05) is 36.4 Å². The molecule has 2 heterocycles. The van der Waals surface area contributed by atoms with Gasteiger partial charge < -0.3 is 0 Å². The summed E-state index contributed by atoms with van der Waals surface area (Å²) in [6, 6.07) is 14.9. The molecule has 1 aliphatic heterocycles. The molecule has 0 bridgehead atoms. The summed E-state index contributed by atoms with van der Waals surface area (Å²) >= 11 is 0. The van der Waals surface area contributed by atoms with Gasteiger partial charge in [0.05, 0.1) is 11.2 Å². The molecule has 0 amide bonds. The molecule has 0 unspecified atom stereocenters. The number of hydrogen-bond acceptors (Lipinski definition) is 2. The molecule has 4 rings (SSSR count). The lowest BCUT2D eigenvalue weighted by atomic mass is 10.0.